The number of rotatable bonds is 3. The van der Waals surface area contributed by atoms with E-state index in [1.807, 2.05) is 12.1 Å². The normalized spacial score (nSPS) is 10.4. The van der Waals surface area contributed by atoms with Crippen LogP contribution >= 0.6 is 43.2 Å². The zero-order valence-electron chi connectivity index (χ0n) is 8.11. The quantitative estimate of drug-likeness (QED) is 0.771. The van der Waals surface area contributed by atoms with Gasteiger partial charge in [0, 0.05) is 33.7 Å². The number of aromatic nitrogens is 1. The lowest BCUT2D eigenvalue weighted by Gasteiger charge is -1.99. The second-order valence-electron chi connectivity index (χ2n) is 3.20. The summed E-state index contributed by atoms with van der Waals surface area (Å²) < 4.78 is 1.87. The number of halogens is 2. The Morgan fingerprint density at radius 2 is 2.12 bits per heavy atom. The predicted molar refractivity (Wildman–Crippen MR) is 72.0 cm³/mol. The number of Topliss-reactive ketones (excluding diaryl/α,β-unsaturated/α-hetero) is 1. The minimum Gasteiger partial charge on any atom is -0.294 e. The van der Waals surface area contributed by atoms with E-state index in [1.165, 1.54) is 0 Å². The van der Waals surface area contributed by atoms with Crippen LogP contribution in [0.15, 0.2) is 38.9 Å². The molecule has 0 bridgehead atoms. The molecule has 2 nitrogen and oxygen atoms in total. The fourth-order valence-electron chi connectivity index (χ4n) is 1.27. The van der Waals surface area contributed by atoms with E-state index in [1.54, 1.807) is 29.8 Å². The van der Waals surface area contributed by atoms with E-state index in [4.69, 9.17) is 0 Å². The number of thiophene rings is 1. The highest BCUT2D eigenvalue weighted by atomic mass is 79.9. The monoisotopic (exact) mass is 359 g/mol. The number of nitrogens with zero attached hydrogens (tertiary/aromatic N) is 1. The molecule has 2 aromatic heterocycles. The van der Waals surface area contributed by atoms with Crippen molar-refractivity contribution in [3.8, 4) is 0 Å². The second kappa shape index (κ2) is 5.21. The first-order chi connectivity index (χ1) is 7.65. The Balaban J connectivity index is 2.14. The number of ketones is 1. The highest BCUT2D eigenvalue weighted by Crippen LogP contribution is 2.23. The first-order valence-electron chi connectivity index (χ1n) is 4.53. The standard InChI is InChI=1S/C11H7Br2NOS/c12-8-3-7(5-14-6-8)10(15)4-9-1-2-11(13)16-9/h1-3,5-6H,4H2. The van der Waals surface area contributed by atoms with Gasteiger partial charge in [-0.25, -0.2) is 0 Å². The molecule has 0 aliphatic rings. The molecular formula is C11H7Br2NOS. The van der Waals surface area contributed by atoms with Crippen molar-refractivity contribution in [3.05, 3.63) is 49.3 Å². The largest absolute Gasteiger partial charge is 0.294 e. The molecule has 0 saturated heterocycles. The van der Waals surface area contributed by atoms with E-state index >= 15 is 0 Å². The molecule has 0 radical (unpaired) electrons. The van der Waals surface area contributed by atoms with Gasteiger partial charge in [0.25, 0.3) is 0 Å². The van der Waals surface area contributed by atoms with Crippen molar-refractivity contribution in [1.29, 1.82) is 0 Å². The second-order valence-corrected chi connectivity index (χ2v) is 6.66. The van der Waals surface area contributed by atoms with Crippen molar-refractivity contribution in [2.75, 3.05) is 0 Å². The SMILES string of the molecule is O=C(Cc1ccc(Br)s1)c1cncc(Br)c1. The third-order valence-corrected chi connectivity index (χ3v) is 4.05. The summed E-state index contributed by atoms with van der Waals surface area (Å²) in [5, 5.41) is 0. The van der Waals surface area contributed by atoms with Crippen LogP contribution in [0.5, 0.6) is 0 Å². The zero-order valence-corrected chi connectivity index (χ0v) is 12.1. The average Bonchev–Trinajstić information content (AvgIpc) is 2.64. The lowest BCUT2D eigenvalue weighted by atomic mass is 10.1. The molecule has 2 heterocycles. The van der Waals surface area contributed by atoms with Crippen LogP contribution in [0, 0.1) is 0 Å². The summed E-state index contributed by atoms with van der Waals surface area (Å²) >= 11 is 8.26. The van der Waals surface area contributed by atoms with E-state index in [9.17, 15) is 4.79 Å². The van der Waals surface area contributed by atoms with Gasteiger partial charge in [-0.3, -0.25) is 9.78 Å². The van der Waals surface area contributed by atoms with Gasteiger partial charge in [0.15, 0.2) is 5.78 Å². The molecule has 0 aliphatic heterocycles. The summed E-state index contributed by atoms with van der Waals surface area (Å²) in [6.45, 7) is 0. The first-order valence-corrected chi connectivity index (χ1v) is 6.93. The number of carbonyl (C=O) groups excluding carboxylic acids is 1. The first kappa shape index (κ1) is 12.0. The van der Waals surface area contributed by atoms with Crippen LogP contribution in [0.4, 0.5) is 0 Å². The van der Waals surface area contributed by atoms with Gasteiger partial charge in [0.05, 0.1) is 3.79 Å². The van der Waals surface area contributed by atoms with Crippen molar-refractivity contribution in [3.63, 3.8) is 0 Å². The summed E-state index contributed by atoms with van der Waals surface area (Å²) in [4.78, 5) is 16.9. The van der Waals surface area contributed by atoms with Crippen LogP contribution in [0.2, 0.25) is 0 Å². The van der Waals surface area contributed by atoms with Crippen molar-refractivity contribution in [2.24, 2.45) is 0 Å². The Morgan fingerprint density at radius 3 is 2.75 bits per heavy atom. The topological polar surface area (TPSA) is 30.0 Å². The van der Waals surface area contributed by atoms with E-state index in [0.717, 1.165) is 13.1 Å². The smallest absolute Gasteiger partial charge is 0.169 e. The van der Waals surface area contributed by atoms with Crippen LogP contribution in [-0.2, 0) is 6.42 Å². The fourth-order valence-corrected chi connectivity index (χ4v) is 3.12. The number of hydrogen-bond acceptors (Lipinski definition) is 3. The highest BCUT2D eigenvalue weighted by molar-refractivity contribution is 9.11. The van der Waals surface area contributed by atoms with Crippen LogP contribution in [0.25, 0.3) is 0 Å². The summed E-state index contributed by atoms with van der Waals surface area (Å²) in [5.41, 5.74) is 0.638. The lowest BCUT2D eigenvalue weighted by Crippen LogP contribution is -2.02. The maximum atomic E-state index is 11.9. The molecule has 0 fully saturated rings. The van der Waals surface area contributed by atoms with Crippen molar-refractivity contribution >= 4 is 49.0 Å². The van der Waals surface area contributed by atoms with Crippen LogP contribution < -0.4 is 0 Å². The third kappa shape index (κ3) is 2.99. The molecule has 16 heavy (non-hydrogen) atoms. The zero-order chi connectivity index (χ0) is 11.5. The Labute approximate surface area is 114 Å². The fraction of sp³-hybridized carbons (Fsp3) is 0.0909. The lowest BCUT2D eigenvalue weighted by molar-refractivity contribution is 0.0993. The van der Waals surface area contributed by atoms with Gasteiger partial charge in [-0.15, -0.1) is 11.3 Å². The van der Waals surface area contributed by atoms with E-state index in [0.29, 0.717) is 12.0 Å². The maximum absolute atomic E-state index is 11.9. The van der Waals surface area contributed by atoms with Gasteiger partial charge in [-0.1, -0.05) is 0 Å². The van der Waals surface area contributed by atoms with Crippen molar-refractivity contribution < 1.29 is 4.79 Å². The Hall–Kier alpha value is -0.520. The van der Waals surface area contributed by atoms with Crippen LogP contribution in [0.1, 0.15) is 15.2 Å². The highest BCUT2D eigenvalue weighted by Gasteiger charge is 2.09. The molecule has 2 aromatic rings. The molecule has 0 saturated carbocycles. The molecule has 0 aliphatic carbocycles. The van der Waals surface area contributed by atoms with Gasteiger partial charge in [0.1, 0.15) is 0 Å². The molecule has 0 atom stereocenters. The summed E-state index contributed by atoms with van der Waals surface area (Å²) in [7, 11) is 0. The molecule has 0 spiro atoms. The van der Waals surface area contributed by atoms with Gasteiger partial charge in [-0.05, 0) is 50.1 Å². The van der Waals surface area contributed by atoms with Crippen molar-refractivity contribution in [1.82, 2.24) is 4.98 Å². The number of pyridine rings is 1. The molecular weight excluding hydrogens is 354 g/mol. The number of carbonyl (C=O) groups is 1. The maximum Gasteiger partial charge on any atom is 0.169 e. The van der Waals surface area contributed by atoms with Gasteiger partial charge in [-0.2, -0.15) is 0 Å². The van der Waals surface area contributed by atoms with Gasteiger partial charge < -0.3 is 0 Å². The summed E-state index contributed by atoms with van der Waals surface area (Å²) in [6, 6.07) is 5.70. The Bertz CT molecular complexity index is 524. The minimum atomic E-state index is 0.0863. The Morgan fingerprint density at radius 1 is 1.31 bits per heavy atom. The number of hydrogen-bond donors (Lipinski definition) is 0. The summed E-state index contributed by atoms with van der Waals surface area (Å²) in [6.07, 6.45) is 3.68. The minimum absolute atomic E-state index is 0.0863. The molecule has 0 N–H and O–H groups in total. The Kier molecular flexibility index (Phi) is 3.89. The van der Waals surface area contributed by atoms with E-state index in [2.05, 4.69) is 36.8 Å². The third-order valence-electron chi connectivity index (χ3n) is 1.99. The summed E-state index contributed by atoms with van der Waals surface area (Å²) in [5.74, 6) is 0.0863. The molecule has 5 heteroatoms. The van der Waals surface area contributed by atoms with E-state index in [-0.39, 0.29) is 5.78 Å². The van der Waals surface area contributed by atoms with Gasteiger partial charge >= 0.3 is 0 Å². The molecule has 82 valence electrons. The molecule has 2 rings (SSSR count). The van der Waals surface area contributed by atoms with Crippen molar-refractivity contribution in [2.45, 2.75) is 6.42 Å². The average molecular weight is 361 g/mol. The van der Waals surface area contributed by atoms with Gasteiger partial charge in [0.2, 0.25) is 0 Å². The predicted octanol–water partition coefficient (Wildman–Crippen LogP) is 4.09. The van der Waals surface area contributed by atoms with Crippen LogP contribution in [0.3, 0.4) is 0 Å². The van der Waals surface area contributed by atoms with E-state index < -0.39 is 0 Å². The van der Waals surface area contributed by atoms with Crippen LogP contribution in [-0.4, -0.2) is 10.8 Å². The molecule has 0 unspecified atom stereocenters. The molecule has 0 aromatic carbocycles. The molecule has 0 amide bonds.